The highest BCUT2D eigenvalue weighted by molar-refractivity contribution is 7.47. The normalized spacial score (nSPS) is 14.6. The Morgan fingerprint density at radius 2 is 0.538 bits per heavy atom. The van der Waals surface area contributed by atoms with Crippen LogP contribution in [0, 0.1) is 0 Å². The predicted molar refractivity (Wildman–Crippen MR) is 427 cm³/mol. The number of allylic oxidation sites excluding steroid dienone is 23. The molecule has 0 aliphatic heterocycles. The summed E-state index contributed by atoms with van der Waals surface area (Å²) in [6.45, 7) is 4.47. The summed E-state index contributed by atoms with van der Waals surface area (Å²) >= 11 is 0. The number of esters is 4. The molecule has 104 heavy (non-hydrogen) atoms. The van der Waals surface area contributed by atoms with Crippen molar-refractivity contribution in [2.24, 2.45) is 0 Å². The van der Waals surface area contributed by atoms with Crippen molar-refractivity contribution in [3.63, 3.8) is 0 Å². The van der Waals surface area contributed by atoms with Gasteiger partial charge in [0.15, 0.2) is 12.2 Å². The lowest BCUT2D eigenvalue weighted by atomic mass is 10.0. The van der Waals surface area contributed by atoms with E-state index in [1.54, 1.807) is 12.2 Å². The molecule has 0 aromatic rings. The Morgan fingerprint density at radius 3 is 0.885 bits per heavy atom. The van der Waals surface area contributed by atoms with Gasteiger partial charge < -0.3 is 33.8 Å². The molecule has 0 bridgehead atoms. The molecule has 0 radical (unpaired) electrons. The summed E-state index contributed by atoms with van der Waals surface area (Å²) in [5, 5.41) is 10.6. The van der Waals surface area contributed by atoms with Gasteiger partial charge in [-0.1, -0.05) is 302 Å². The van der Waals surface area contributed by atoms with Gasteiger partial charge in [0.05, 0.1) is 32.8 Å². The molecule has 0 amide bonds. The molecule has 0 aliphatic rings. The number of hydrogen-bond acceptors (Lipinski definition) is 15. The smallest absolute Gasteiger partial charge is 0.462 e. The van der Waals surface area contributed by atoms with Gasteiger partial charge in [0.25, 0.3) is 0 Å². The van der Waals surface area contributed by atoms with Crippen LogP contribution in [0.15, 0.2) is 146 Å². The number of phosphoric ester groups is 2. The average molecular weight is 1500 g/mol. The Labute approximate surface area is 630 Å². The third-order valence-electron chi connectivity index (χ3n) is 16.3. The molecule has 0 aliphatic carbocycles. The summed E-state index contributed by atoms with van der Waals surface area (Å²) in [5.74, 6) is -2.37. The summed E-state index contributed by atoms with van der Waals surface area (Å²) in [7, 11) is -10.0. The Bertz CT molecular complexity index is 2540. The second-order valence-electron chi connectivity index (χ2n) is 26.3. The second kappa shape index (κ2) is 76.1. The van der Waals surface area contributed by atoms with Crippen LogP contribution >= 0.6 is 15.6 Å². The highest BCUT2D eigenvalue weighted by Crippen LogP contribution is 2.45. The van der Waals surface area contributed by atoms with Crippen molar-refractivity contribution >= 4 is 39.5 Å². The zero-order chi connectivity index (χ0) is 76.0. The molecule has 0 aromatic carbocycles. The van der Waals surface area contributed by atoms with Crippen molar-refractivity contribution in [1.29, 1.82) is 0 Å². The van der Waals surface area contributed by atoms with Crippen LogP contribution in [-0.4, -0.2) is 96.7 Å². The van der Waals surface area contributed by atoms with Crippen molar-refractivity contribution in [3.8, 4) is 0 Å². The number of carbonyl (C=O) groups is 4. The highest BCUT2D eigenvalue weighted by Gasteiger charge is 2.30. The van der Waals surface area contributed by atoms with Gasteiger partial charge in [-0.05, 0) is 128 Å². The Balaban J connectivity index is 5.46. The Kier molecular flexibility index (Phi) is 72.4. The fraction of sp³-hybridized carbons (Fsp3) is 0.671. The average Bonchev–Trinajstić information content (AvgIpc) is 0.918. The third kappa shape index (κ3) is 75.2. The van der Waals surface area contributed by atoms with E-state index in [1.165, 1.54) is 83.5 Å². The van der Waals surface area contributed by atoms with E-state index in [2.05, 4.69) is 149 Å². The molecule has 5 unspecified atom stereocenters. The maximum Gasteiger partial charge on any atom is 0.472 e. The first-order chi connectivity index (χ1) is 50.7. The van der Waals surface area contributed by atoms with Crippen LogP contribution in [0.2, 0.25) is 0 Å². The van der Waals surface area contributed by atoms with Crippen LogP contribution in [0.25, 0.3) is 0 Å². The molecule has 0 fully saturated rings. The first-order valence-electron chi connectivity index (χ1n) is 40.1. The Hall–Kier alpha value is -5.06. The van der Waals surface area contributed by atoms with Gasteiger partial charge in [-0.15, -0.1) is 0 Å². The third-order valence-corrected chi connectivity index (χ3v) is 18.2. The van der Waals surface area contributed by atoms with Gasteiger partial charge in [0, 0.05) is 19.3 Å². The molecule has 3 N–H and O–H groups in total. The molecule has 0 rings (SSSR count). The van der Waals surface area contributed by atoms with Gasteiger partial charge >= 0.3 is 39.5 Å². The summed E-state index contributed by atoms with van der Waals surface area (Å²) < 4.78 is 68.4. The van der Waals surface area contributed by atoms with Gasteiger partial charge in [-0.2, -0.15) is 0 Å². The van der Waals surface area contributed by atoms with Crippen molar-refractivity contribution in [2.75, 3.05) is 39.6 Å². The molecule has 17 nitrogen and oxygen atoms in total. The summed E-state index contributed by atoms with van der Waals surface area (Å²) in [5.41, 5.74) is 0. The number of phosphoric acid groups is 2. The number of hydrogen-bond donors (Lipinski definition) is 3. The molecule has 0 heterocycles. The largest absolute Gasteiger partial charge is 0.472 e. The fourth-order valence-corrected chi connectivity index (χ4v) is 11.9. The number of rotatable bonds is 74. The minimum absolute atomic E-state index is 0.0892. The minimum Gasteiger partial charge on any atom is -0.462 e. The first kappa shape index (κ1) is 98.9. The van der Waals surface area contributed by atoms with E-state index in [1.807, 2.05) is 12.2 Å². The summed E-state index contributed by atoms with van der Waals surface area (Å²) in [6.07, 6.45) is 87.1. The monoisotopic (exact) mass is 1500 g/mol. The van der Waals surface area contributed by atoms with Crippen LogP contribution < -0.4 is 0 Å². The quantitative estimate of drug-likeness (QED) is 0.0169. The number of ether oxygens (including phenoxy) is 4. The molecule has 5 atom stereocenters. The van der Waals surface area contributed by atoms with E-state index in [-0.39, 0.29) is 25.7 Å². The fourth-order valence-electron chi connectivity index (χ4n) is 10.3. The maximum absolute atomic E-state index is 13.1. The maximum atomic E-state index is 13.1. The highest BCUT2D eigenvalue weighted by atomic mass is 31.2. The van der Waals surface area contributed by atoms with Gasteiger partial charge in [0.1, 0.15) is 19.3 Å². The predicted octanol–water partition coefficient (Wildman–Crippen LogP) is 23.4. The SMILES string of the molecule is CC/C=C\C/C=C\C/C=C\C/C=C\C/C=C\CCCCCC(=O)OCC(COP(=O)(O)OCC(O)COP(=O)(O)OCC(COC(=O)CCCCCCC/C=C\C/C=C\CCCCC)OC(=O)CCCCCCCCCCCCCCCCC)OC(=O)C/C=C\C/C=C\C/C=C\C/C=C\C/C=C\CC. The zero-order valence-corrected chi connectivity index (χ0v) is 66.7. The molecule has 0 saturated heterocycles. The lowest BCUT2D eigenvalue weighted by Gasteiger charge is -2.21. The summed E-state index contributed by atoms with van der Waals surface area (Å²) in [6, 6.07) is 0. The van der Waals surface area contributed by atoms with Crippen LogP contribution in [0.1, 0.15) is 310 Å². The van der Waals surface area contributed by atoms with Crippen molar-refractivity contribution < 1.29 is 80.2 Å². The molecular weight excluding hydrogens is 1350 g/mol. The number of aliphatic hydroxyl groups excluding tert-OH is 1. The van der Waals surface area contributed by atoms with E-state index < -0.39 is 97.5 Å². The molecule has 0 saturated carbocycles. The molecule has 19 heteroatoms. The summed E-state index contributed by atoms with van der Waals surface area (Å²) in [4.78, 5) is 73.0. The van der Waals surface area contributed by atoms with Crippen molar-refractivity contribution in [3.05, 3.63) is 146 Å². The molecule has 0 aromatic heterocycles. The minimum atomic E-state index is -5.01. The van der Waals surface area contributed by atoms with Gasteiger partial charge in [-0.25, -0.2) is 9.13 Å². The zero-order valence-electron chi connectivity index (χ0n) is 64.9. The standard InChI is InChI=1S/C85H142O17P2/c1-5-9-13-17-21-25-29-33-37-38-39-40-44-46-50-54-58-62-66-70-83(88)96-76-81(102-85(90)72-68-64-60-56-52-48-43-36-32-28-24-20-16-12-8-4)78-100-104(93,94)98-74-79(86)73-97-103(91,92)99-77-80(101-84(89)71-67-63-59-55-51-47-42-35-31-27-23-19-15-11-7-3)75-95-82(87)69-65-61-57-53-49-45-41-34-30-26-22-18-14-10-6-2/h9,12-13,16,21-22,24-26,28,33-34,36-37,39-41,43,46,50,52,56,64,68,79-81,86H,5-8,10-11,14-15,17-20,23,27,29-32,35,38,42,44-45,47-49,51,53-55,57-63,65-67,69-78H2,1-4H3,(H,91,92)(H,93,94)/b13-9-,16-12-,25-21-,26-22-,28-24-,37-33-,40-39-,41-34-,43-36-,50-46-,56-52-,68-64-. The van der Waals surface area contributed by atoms with E-state index in [0.717, 1.165) is 148 Å². The van der Waals surface area contributed by atoms with Crippen molar-refractivity contribution in [1.82, 2.24) is 0 Å². The van der Waals surface area contributed by atoms with Crippen LogP contribution in [-0.2, 0) is 65.4 Å². The number of carbonyl (C=O) groups excluding carboxylic acids is 4. The van der Waals surface area contributed by atoms with Crippen LogP contribution in [0.5, 0.6) is 0 Å². The number of aliphatic hydroxyl groups is 1. The Morgan fingerprint density at radius 1 is 0.288 bits per heavy atom. The van der Waals surface area contributed by atoms with E-state index in [4.69, 9.17) is 37.0 Å². The van der Waals surface area contributed by atoms with E-state index in [0.29, 0.717) is 25.7 Å². The lowest BCUT2D eigenvalue weighted by molar-refractivity contribution is -0.161. The second-order valence-corrected chi connectivity index (χ2v) is 29.2. The van der Waals surface area contributed by atoms with Gasteiger partial charge in [0.2, 0.25) is 0 Å². The molecular formula is C85H142O17P2. The lowest BCUT2D eigenvalue weighted by Crippen LogP contribution is -2.30. The molecule has 0 spiro atoms. The van der Waals surface area contributed by atoms with E-state index in [9.17, 15) is 43.2 Å². The van der Waals surface area contributed by atoms with Gasteiger partial charge in [-0.3, -0.25) is 37.3 Å². The van der Waals surface area contributed by atoms with Crippen LogP contribution in [0.4, 0.5) is 0 Å². The van der Waals surface area contributed by atoms with Crippen molar-refractivity contribution in [2.45, 2.75) is 329 Å². The van der Waals surface area contributed by atoms with E-state index >= 15 is 0 Å². The molecule has 594 valence electrons. The van der Waals surface area contributed by atoms with Crippen LogP contribution in [0.3, 0.4) is 0 Å². The first-order valence-corrected chi connectivity index (χ1v) is 43.1. The number of unbranched alkanes of at least 4 members (excludes halogenated alkanes) is 25. The topological polar surface area (TPSA) is 237 Å².